The first-order valence-corrected chi connectivity index (χ1v) is 9.02. The third kappa shape index (κ3) is 2.30. The van der Waals surface area contributed by atoms with Gasteiger partial charge in [0, 0.05) is 5.41 Å². The zero-order valence-corrected chi connectivity index (χ0v) is 14.7. The van der Waals surface area contributed by atoms with Crippen LogP contribution < -0.4 is 0 Å². The zero-order chi connectivity index (χ0) is 16.1. The Morgan fingerprint density at radius 1 is 1.23 bits per heavy atom. The summed E-state index contributed by atoms with van der Waals surface area (Å²) in [6.07, 6.45) is 8.36. The summed E-state index contributed by atoms with van der Waals surface area (Å²) in [7, 11) is 0. The summed E-state index contributed by atoms with van der Waals surface area (Å²) in [6.45, 7) is 9.47. The van der Waals surface area contributed by atoms with Gasteiger partial charge in [0.05, 0.1) is 12.7 Å². The summed E-state index contributed by atoms with van der Waals surface area (Å²) in [5, 5.41) is 20.4. The van der Waals surface area contributed by atoms with Crippen molar-refractivity contribution in [2.45, 2.75) is 72.3 Å². The maximum Gasteiger partial charge on any atom is 0.0642 e. The fraction of sp³-hybridized carbons (Fsp3) is 0.800. The molecular formula is C20H32O2. The normalized spacial score (nSPS) is 42.0. The summed E-state index contributed by atoms with van der Waals surface area (Å²) in [4.78, 5) is 0. The van der Waals surface area contributed by atoms with Crippen LogP contribution in [0.1, 0.15) is 66.2 Å². The van der Waals surface area contributed by atoms with E-state index < -0.39 is 0 Å². The van der Waals surface area contributed by atoms with Crippen LogP contribution in [0.4, 0.5) is 0 Å². The lowest BCUT2D eigenvalue weighted by Crippen LogP contribution is -2.46. The fourth-order valence-corrected chi connectivity index (χ4v) is 5.38. The van der Waals surface area contributed by atoms with Crippen LogP contribution in [0.25, 0.3) is 0 Å². The third-order valence-electron chi connectivity index (χ3n) is 7.06. The minimum absolute atomic E-state index is 0.0350. The molecule has 1 saturated carbocycles. The van der Waals surface area contributed by atoms with E-state index in [1.165, 1.54) is 19.3 Å². The standard InChI is InChI=1S/C20H32O2/c1-13(2)15-7-8-19(3)9-10-20(4)16(18(15)19)6-5-14(12-21)11-17(20)22/h5,13,16-17,21-22H,6-12H2,1-4H3/t16-,17?,19-,20-/m0/s1. The maximum absolute atomic E-state index is 10.9. The molecule has 4 atom stereocenters. The Bertz CT molecular complexity index is 516. The van der Waals surface area contributed by atoms with Crippen molar-refractivity contribution in [3.63, 3.8) is 0 Å². The Labute approximate surface area is 135 Å². The van der Waals surface area contributed by atoms with Crippen molar-refractivity contribution in [2.75, 3.05) is 6.61 Å². The average molecular weight is 304 g/mol. The monoisotopic (exact) mass is 304 g/mol. The molecule has 1 unspecified atom stereocenters. The van der Waals surface area contributed by atoms with Crippen molar-refractivity contribution in [2.24, 2.45) is 22.7 Å². The van der Waals surface area contributed by atoms with E-state index in [0.29, 0.717) is 23.7 Å². The van der Waals surface area contributed by atoms with Crippen LogP contribution >= 0.6 is 0 Å². The molecule has 2 N–H and O–H groups in total. The number of aliphatic hydroxyl groups is 2. The maximum atomic E-state index is 10.9. The van der Waals surface area contributed by atoms with Crippen LogP contribution in [0, 0.1) is 22.7 Å². The van der Waals surface area contributed by atoms with Crippen molar-refractivity contribution in [3.05, 3.63) is 22.8 Å². The van der Waals surface area contributed by atoms with Gasteiger partial charge in [0.15, 0.2) is 0 Å². The lowest BCUT2D eigenvalue weighted by Gasteiger charge is -2.51. The molecule has 0 heterocycles. The van der Waals surface area contributed by atoms with Gasteiger partial charge in [-0.2, -0.15) is 0 Å². The van der Waals surface area contributed by atoms with E-state index >= 15 is 0 Å². The van der Waals surface area contributed by atoms with Crippen LogP contribution in [0.2, 0.25) is 0 Å². The van der Waals surface area contributed by atoms with Gasteiger partial charge in [-0.15, -0.1) is 0 Å². The highest BCUT2D eigenvalue weighted by molar-refractivity contribution is 5.36. The Morgan fingerprint density at radius 2 is 1.95 bits per heavy atom. The van der Waals surface area contributed by atoms with E-state index in [1.54, 1.807) is 11.1 Å². The highest BCUT2D eigenvalue weighted by Gasteiger charge is 2.54. The molecule has 3 aliphatic rings. The summed E-state index contributed by atoms with van der Waals surface area (Å²) in [5.41, 5.74) is 4.67. The molecule has 1 fully saturated rings. The van der Waals surface area contributed by atoms with Crippen molar-refractivity contribution < 1.29 is 10.2 Å². The van der Waals surface area contributed by atoms with Gasteiger partial charge in [0.1, 0.15) is 0 Å². The molecule has 0 aromatic rings. The number of rotatable bonds is 2. The smallest absolute Gasteiger partial charge is 0.0642 e. The number of allylic oxidation sites excluding steroid dienone is 3. The van der Waals surface area contributed by atoms with E-state index in [9.17, 15) is 10.2 Å². The number of hydrogen-bond acceptors (Lipinski definition) is 2. The van der Waals surface area contributed by atoms with E-state index in [-0.39, 0.29) is 18.1 Å². The highest BCUT2D eigenvalue weighted by Crippen LogP contribution is 2.63. The van der Waals surface area contributed by atoms with E-state index in [4.69, 9.17) is 0 Å². The Balaban J connectivity index is 2.09. The van der Waals surface area contributed by atoms with Gasteiger partial charge in [-0.3, -0.25) is 0 Å². The largest absolute Gasteiger partial charge is 0.392 e. The Hall–Kier alpha value is -0.600. The van der Waals surface area contributed by atoms with Crippen LogP contribution in [-0.2, 0) is 0 Å². The molecular weight excluding hydrogens is 272 g/mol. The van der Waals surface area contributed by atoms with Gasteiger partial charge < -0.3 is 10.2 Å². The topological polar surface area (TPSA) is 40.5 Å². The molecule has 0 saturated heterocycles. The predicted octanol–water partition coefficient (Wildman–Crippen LogP) is 4.23. The van der Waals surface area contributed by atoms with Gasteiger partial charge in [-0.1, -0.05) is 44.9 Å². The van der Waals surface area contributed by atoms with Crippen LogP contribution in [0.3, 0.4) is 0 Å². The molecule has 124 valence electrons. The summed E-state index contributed by atoms with van der Waals surface area (Å²) < 4.78 is 0. The minimum Gasteiger partial charge on any atom is -0.392 e. The molecule has 2 heteroatoms. The Morgan fingerprint density at radius 3 is 2.59 bits per heavy atom. The number of hydrogen-bond donors (Lipinski definition) is 2. The number of aliphatic hydroxyl groups excluding tert-OH is 2. The quantitative estimate of drug-likeness (QED) is 0.750. The molecule has 0 radical (unpaired) electrons. The predicted molar refractivity (Wildman–Crippen MR) is 90.4 cm³/mol. The summed E-state index contributed by atoms with van der Waals surface area (Å²) in [6, 6.07) is 0. The summed E-state index contributed by atoms with van der Waals surface area (Å²) >= 11 is 0. The van der Waals surface area contributed by atoms with Crippen molar-refractivity contribution in [3.8, 4) is 0 Å². The average Bonchev–Trinajstić information content (AvgIpc) is 2.76. The van der Waals surface area contributed by atoms with Crippen molar-refractivity contribution in [1.82, 2.24) is 0 Å². The molecule has 2 nitrogen and oxygen atoms in total. The number of fused-ring (bicyclic) bond motifs is 3. The molecule has 0 aromatic heterocycles. The molecule has 0 aromatic carbocycles. The van der Waals surface area contributed by atoms with Crippen LogP contribution in [0.5, 0.6) is 0 Å². The molecule has 3 aliphatic carbocycles. The van der Waals surface area contributed by atoms with E-state index in [2.05, 4.69) is 33.8 Å². The van der Waals surface area contributed by atoms with Crippen LogP contribution in [0.15, 0.2) is 22.8 Å². The van der Waals surface area contributed by atoms with Crippen molar-refractivity contribution >= 4 is 0 Å². The second kappa shape index (κ2) is 5.49. The second-order valence-electron chi connectivity index (χ2n) is 8.69. The second-order valence-corrected chi connectivity index (χ2v) is 8.69. The molecule has 0 aliphatic heterocycles. The van der Waals surface area contributed by atoms with Gasteiger partial charge in [-0.25, -0.2) is 0 Å². The minimum atomic E-state index is -0.329. The molecule has 0 bridgehead atoms. The molecule has 0 amide bonds. The lowest BCUT2D eigenvalue weighted by atomic mass is 9.54. The Kier molecular flexibility index (Phi) is 4.06. The first-order valence-electron chi connectivity index (χ1n) is 9.02. The van der Waals surface area contributed by atoms with Gasteiger partial charge >= 0.3 is 0 Å². The van der Waals surface area contributed by atoms with E-state index in [0.717, 1.165) is 18.4 Å². The first kappa shape index (κ1) is 16.3. The molecule has 3 rings (SSSR count). The lowest BCUT2D eigenvalue weighted by molar-refractivity contribution is -0.0295. The zero-order valence-electron chi connectivity index (χ0n) is 14.7. The first-order chi connectivity index (χ1) is 10.3. The summed E-state index contributed by atoms with van der Waals surface area (Å²) in [5.74, 6) is 1.06. The van der Waals surface area contributed by atoms with Crippen molar-refractivity contribution in [1.29, 1.82) is 0 Å². The third-order valence-corrected chi connectivity index (χ3v) is 7.06. The fourth-order valence-electron chi connectivity index (χ4n) is 5.38. The van der Waals surface area contributed by atoms with Gasteiger partial charge in [0.2, 0.25) is 0 Å². The highest BCUT2D eigenvalue weighted by atomic mass is 16.3. The van der Waals surface area contributed by atoms with Crippen LogP contribution in [-0.4, -0.2) is 22.9 Å². The SMILES string of the molecule is CC(C)C1=C2[C@@H]3CC=C(CO)CC(O)[C@@]3(C)CC[C@]2(C)CC1. The molecule has 0 spiro atoms. The molecule has 22 heavy (non-hydrogen) atoms. The van der Waals surface area contributed by atoms with E-state index in [1.807, 2.05) is 0 Å². The van der Waals surface area contributed by atoms with Gasteiger partial charge in [0.25, 0.3) is 0 Å². The van der Waals surface area contributed by atoms with Gasteiger partial charge in [-0.05, 0) is 61.3 Å².